The second-order valence-corrected chi connectivity index (χ2v) is 17.2. The number of hydrogen-bond acceptors (Lipinski definition) is 6. The van der Waals surface area contributed by atoms with Gasteiger partial charge in [0.05, 0.1) is 10.7 Å². The maximum atomic E-state index is 15.7. The van der Waals surface area contributed by atoms with Crippen LogP contribution in [0.3, 0.4) is 0 Å². The molecule has 7 rings (SSSR count). The SMILES string of the molecule is CC(C)(C(=O)NS(=O)(=O)C1CC1)c1ccc(O[C@@H]2CC[C@@H](NC(=O)[C@]3(F)CNC4(CCC4)C3)C2)c(-c2cccc(F)c2C2CCC2)c1. The zero-order valence-corrected chi connectivity index (χ0v) is 28.0. The molecule has 47 heavy (non-hydrogen) atoms. The summed E-state index contributed by atoms with van der Waals surface area (Å²) in [5.74, 6) is -0.870. The molecule has 11 heteroatoms. The molecule has 4 aliphatic carbocycles. The van der Waals surface area contributed by atoms with E-state index in [2.05, 4.69) is 15.4 Å². The van der Waals surface area contributed by atoms with E-state index in [1.165, 1.54) is 6.07 Å². The maximum absolute atomic E-state index is 15.7. The Morgan fingerprint density at radius 2 is 1.77 bits per heavy atom. The van der Waals surface area contributed by atoms with Gasteiger partial charge in [-0.05, 0) is 112 Å². The largest absolute Gasteiger partial charge is 0.490 e. The van der Waals surface area contributed by atoms with E-state index in [0.717, 1.165) is 38.5 Å². The molecule has 1 heterocycles. The van der Waals surface area contributed by atoms with Gasteiger partial charge in [0.25, 0.3) is 5.91 Å². The van der Waals surface area contributed by atoms with Gasteiger partial charge in [-0.1, -0.05) is 24.6 Å². The number of rotatable bonds is 10. The first kappa shape index (κ1) is 32.5. The molecule has 0 bridgehead atoms. The zero-order valence-electron chi connectivity index (χ0n) is 27.2. The molecule has 4 saturated carbocycles. The highest BCUT2D eigenvalue weighted by atomic mass is 32.2. The van der Waals surface area contributed by atoms with Crippen LogP contribution in [0.2, 0.25) is 0 Å². The average molecular weight is 670 g/mol. The summed E-state index contributed by atoms with van der Waals surface area (Å²) < 4.78 is 65.1. The average Bonchev–Trinajstić information content (AvgIpc) is 3.66. The van der Waals surface area contributed by atoms with Crippen LogP contribution in [-0.4, -0.2) is 55.4 Å². The van der Waals surface area contributed by atoms with Gasteiger partial charge in [0, 0.05) is 36.5 Å². The Morgan fingerprint density at radius 1 is 1.00 bits per heavy atom. The normalized spacial score (nSPS) is 27.2. The predicted molar refractivity (Wildman–Crippen MR) is 175 cm³/mol. The van der Waals surface area contributed by atoms with Crippen molar-refractivity contribution >= 4 is 21.8 Å². The van der Waals surface area contributed by atoms with Crippen molar-refractivity contribution in [3.05, 3.63) is 53.3 Å². The molecule has 5 fully saturated rings. The molecular weight excluding hydrogens is 624 g/mol. The van der Waals surface area contributed by atoms with Crippen molar-refractivity contribution < 1.29 is 31.5 Å². The topological polar surface area (TPSA) is 114 Å². The molecule has 2 aromatic rings. The molecule has 1 aliphatic heterocycles. The number of amides is 2. The molecule has 254 valence electrons. The third-order valence-corrected chi connectivity index (χ3v) is 13.2. The van der Waals surface area contributed by atoms with E-state index >= 15 is 8.78 Å². The Labute approximate surface area is 275 Å². The Balaban J connectivity index is 1.13. The van der Waals surface area contributed by atoms with E-state index in [1.807, 2.05) is 12.1 Å². The van der Waals surface area contributed by atoms with Crippen molar-refractivity contribution in [3.8, 4) is 16.9 Å². The lowest BCUT2D eigenvalue weighted by molar-refractivity contribution is -0.133. The fourth-order valence-corrected chi connectivity index (χ4v) is 9.18. The first-order valence-corrected chi connectivity index (χ1v) is 18.7. The van der Waals surface area contributed by atoms with E-state index in [1.54, 1.807) is 32.0 Å². The molecule has 8 nitrogen and oxygen atoms in total. The fourth-order valence-electron chi connectivity index (χ4n) is 7.74. The summed E-state index contributed by atoms with van der Waals surface area (Å²) in [6.07, 6.45) is 8.50. The standard InChI is InChI=1S/C36H45F2N3O5S/c1-34(2,32(42)41-47(44,45)26-13-14-26)23-10-15-30(28(18-23)27-8-4-9-29(37)31(27)22-6-3-7-22)46-25-12-11-24(19-25)40-33(43)36(38)20-35(39-21-36)16-5-17-35/h4,8-10,15,18,22,24-26,39H,3,5-7,11-14,16-17,19-21H2,1-2H3,(H,40,43)(H,41,42)/t24-,25-,36-/m1/s1. The van der Waals surface area contributed by atoms with Crippen molar-refractivity contribution in [2.75, 3.05) is 6.54 Å². The minimum Gasteiger partial charge on any atom is -0.490 e. The van der Waals surface area contributed by atoms with Crippen molar-refractivity contribution in [1.82, 2.24) is 15.4 Å². The number of sulfonamides is 1. The van der Waals surface area contributed by atoms with Crippen LogP contribution < -0.4 is 20.1 Å². The van der Waals surface area contributed by atoms with E-state index in [-0.39, 0.29) is 42.4 Å². The number of halogens is 2. The fraction of sp³-hybridized carbons (Fsp3) is 0.611. The molecule has 3 N–H and O–H groups in total. The molecule has 5 aliphatic rings. The summed E-state index contributed by atoms with van der Waals surface area (Å²) in [6, 6.07) is 10.1. The molecule has 0 radical (unpaired) electrons. The van der Waals surface area contributed by atoms with Crippen LogP contribution in [-0.2, 0) is 25.0 Å². The van der Waals surface area contributed by atoms with E-state index in [4.69, 9.17) is 4.74 Å². The number of nitrogens with one attached hydrogen (secondary N) is 3. The number of alkyl halides is 1. The number of carbonyl (C=O) groups excluding carboxylic acids is 2. The molecule has 2 amide bonds. The van der Waals surface area contributed by atoms with Gasteiger partial charge in [-0.15, -0.1) is 0 Å². The smallest absolute Gasteiger partial charge is 0.259 e. The molecule has 1 spiro atoms. The van der Waals surface area contributed by atoms with Gasteiger partial charge in [-0.25, -0.2) is 17.2 Å². The van der Waals surface area contributed by atoms with Crippen LogP contribution >= 0.6 is 0 Å². The highest BCUT2D eigenvalue weighted by Crippen LogP contribution is 2.47. The quantitative estimate of drug-likeness (QED) is 0.300. The molecular formula is C36H45F2N3O5S. The van der Waals surface area contributed by atoms with E-state index in [0.29, 0.717) is 60.1 Å². The number of hydrogen-bond donors (Lipinski definition) is 3. The van der Waals surface area contributed by atoms with Gasteiger partial charge in [0.2, 0.25) is 21.6 Å². The van der Waals surface area contributed by atoms with Crippen LogP contribution in [0, 0.1) is 5.82 Å². The molecule has 1 saturated heterocycles. The Morgan fingerprint density at radius 3 is 2.40 bits per heavy atom. The Bertz CT molecular complexity index is 1690. The van der Waals surface area contributed by atoms with Crippen molar-refractivity contribution in [3.63, 3.8) is 0 Å². The number of carbonyl (C=O) groups is 2. The third-order valence-electron chi connectivity index (χ3n) is 11.4. The second-order valence-electron chi connectivity index (χ2n) is 15.2. The molecule has 2 aromatic carbocycles. The van der Waals surface area contributed by atoms with Crippen LogP contribution in [0.1, 0.15) is 108 Å². The predicted octanol–water partition coefficient (Wildman–Crippen LogP) is 5.69. The number of benzene rings is 2. The first-order valence-electron chi connectivity index (χ1n) is 17.2. The lowest BCUT2D eigenvalue weighted by Crippen LogP contribution is -2.49. The lowest BCUT2D eigenvalue weighted by atomic mass is 9.74. The lowest BCUT2D eigenvalue weighted by Gasteiger charge is -2.38. The Hall–Kier alpha value is -3.05. The van der Waals surface area contributed by atoms with Crippen molar-refractivity contribution in [2.24, 2.45) is 0 Å². The summed E-state index contributed by atoms with van der Waals surface area (Å²) in [5, 5.41) is 5.67. The van der Waals surface area contributed by atoms with Gasteiger partial charge >= 0.3 is 0 Å². The van der Waals surface area contributed by atoms with Crippen LogP contribution in [0.5, 0.6) is 5.75 Å². The van der Waals surface area contributed by atoms with Gasteiger partial charge in [0.15, 0.2) is 0 Å². The third kappa shape index (κ3) is 6.18. The van der Waals surface area contributed by atoms with Crippen molar-refractivity contribution in [1.29, 1.82) is 0 Å². The van der Waals surface area contributed by atoms with Gasteiger partial charge in [-0.2, -0.15) is 0 Å². The summed E-state index contributed by atoms with van der Waals surface area (Å²) in [7, 11) is -3.74. The Kier molecular flexibility index (Phi) is 8.18. The summed E-state index contributed by atoms with van der Waals surface area (Å²) in [6.45, 7) is 3.40. The summed E-state index contributed by atoms with van der Waals surface area (Å²) >= 11 is 0. The van der Waals surface area contributed by atoms with Crippen LogP contribution in [0.15, 0.2) is 36.4 Å². The minimum atomic E-state index is -3.74. The first-order chi connectivity index (χ1) is 22.3. The maximum Gasteiger partial charge on any atom is 0.259 e. The van der Waals surface area contributed by atoms with Gasteiger partial charge < -0.3 is 15.4 Å². The minimum absolute atomic E-state index is 0.0407. The van der Waals surface area contributed by atoms with Gasteiger partial charge in [-0.3, -0.25) is 14.3 Å². The second kappa shape index (κ2) is 11.8. The molecule has 3 atom stereocenters. The number of ether oxygens (including phenoxy) is 1. The molecule has 0 unspecified atom stereocenters. The highest BCUT2D eigenvalue weighted by molar-refractivity contribution is 7.90. The van der Waals surface area contributed by atoms with Crippen LogP contribution in [0.25, 0.3) is 11.1 Å². The zero-order chi connectivity index (χ0) is 33.2. The summed E-state index contributed by atoms with van der Waals surface area (Å²) in [4.78, 5) is 26.4. The van der Waals surface area contributed by atoms with E-state index < -0.39 is 38.2 Å². The molecule has 0 aromatic heterocycles. The van der Waals surface area contributed by atoms with Gasteiger partial charge in [0.1, 0.15) is 17.7 Å². The van der Waals surface area contributed by atoms with Crippen LogP contribution in [0.4, 0.5) is 8.78 Å². The van der Waals surface area contributed by atoms with E-state index in [9.17, 15) is 18.0 Å². The highest BCUT2D eigenvalue weighted by Gasteiger charge is 2.55. The monoisotopic (exact) mass is 669 g/mol. The van der Waals surface area contributed by atoms with Crippen molar-refractivity contribution in [2.45, 2.75) is 131 Å². The summed E-state index contributed by atoms with van der Waals surface area (Å²) in [5.41, 5.74) is -0.829.